The molecule has 116 valence electrons. The first kappa shape index (κ1) is 15.6. The highest BCUT2D eigenvalue weighted by Gasteiger charge is 2.30. The van der Waals surface area contributed by atoms with E-state index < -0.39 is 5.60 Å². The molecule has 1 heterocycles. The summed E-state index contributed by atoms with van der Waals surface area (Å²) in [5.41, 5.74) is -0.487. The van der Waals surface area contributed by atoms with Crippen LogP contribution in [0, 0.1) is 11.7 Å². The highest BCUT2D eigenvalue weighted by molar-refractivity contribution is 5.68. The Labute approximate surface area is 124 Å². The van der Waals surface area contributed by atoms with Crippen LogP contribution < -0.4 is 4.74 Å². The number of nitrogens with zero attached hydrogens (tertiary/aromatic N) is 1. The number of hydrogen-bond donors (Lipinski definition) is 0. The zero-order valence-corrected chi connectivity index (χ0v) is 12.8. The number of benzene rings is 1. The third-order valence-electron chi connectivity index (χ3n) is 3.25. The molecule has 1 aliphatic heterocycles. The molecule has 0 saturated carbocycles. The molecule has 0 bridgehead atoms. The Morgan fingerprint density at radius 1 is 1.38 bits per heavy atom. The average molecular weight is 295 g/mol. The molecule has 0 N–H and O–H groups in total. The summed E-state index contributed by atoms with van der Waals surface area (Å²) >= 11 is 0. The van der Waals surface area contributed by atoms with Gasteiger partial charge in [-0.25, -0.2) is 9.18 Å². The lowest BCUT2D eigenvalue weighted by Crippen LogP contribution is -2.35. The molecule has 0 radical (unpaired) electrons. The van der Waals surface area contributed by atoms with Crippen molar-refractivity contribution in [1.29, 1.82) is 0 Å². The highest BCUT2D eigenvalue weighted by atomic mass is 19.1. The average Bonchev–Trinajstić information content (AvgIpc) is 2.85. The van der Waals surface area contributed by atoms with Gasteiger partial charge in [0, 0.05) is 19.0 Å². The topological polar surface area (TPSA) is 38.8 Å². The highest BCUT2D eigenvalue weighted by Crippen LogP contribution is 2.22. The number of amides is 1. The number of carbonyl (C=O) groups excluding carboxylic acids is 1. The van der Waals surface area contributed by atoms with Gasteiger partial charge in [0.05, 0.1) is 6.61 Å². The molecule has 2 rings (SSSR count). The lowest BCUT2D eigenvalue weighted by Gasteiger charge is -2.24. The third-order valence-corrected chi connectivity index (χ3v) is 3.25. The summed E-state index contributed by atoms with van der Waals surface area (Å²) in [6, 6.07) is 6.34. The summed E-state index contributed by atoms with van der Waals surface area (Å²) in [6.45, 7) is 7.18. The van der Waals surface area contributed by atoms with Gasteiger partial charge in [0.25, 0.3) is 0 Å². The molecule has 0 spiro atoms. The van der Waals surface area contributed by atoms with Crippen molar-refractivity contribution < 1.29 is 18.7 Å². The van der Waals surface area contributed by atoms with Crippen LogP contribution in [-0.4, -0.2) is 36.3 Å². The van der Waals surface area contributed by atoms with Gasteiger partial charge in [0.1, 0.15) is 5.60 Å². The SMILES string of the molecule is CC(C)(C)OC(=O)N1CC[C@H](COc2ccccc2F)C1. The molecule has 1 amide bonds. The van der Waals surface area contributed by atoms with Crippen molar-refractivity contribution in [2.24, 2.45) is 5.92 Å². The Kier molecular flexibility index (Phi) is 4.70. The van der Waals surface area contributed by atoms with Gasteiger partial charge in [0.2, 0.25) is 0 Å². The van der Waals surface area contributed by atoms with Crippen LogP contribution in [-0.2, 0) is 4.74 Å². The molecule has 1 aromatic rings. The lowest BCUT2D eigenvalue weighted by atomic mass is 10.1. The van der Waals surface area contributed by atoms with Gasteiger partial charge in [-0.3, -0.25) is 0 Å². The normalized spacial score (nSPS) is 18.7. The van der Waals surface area contributed by atoms with Gasteiger partial charge in [-0.15, -0.1) is 0 Å². The van der Waals surface area contributed by atoms with E-state index in [1.165, 1.54) is 6.07 Å². The van der Waals surface area contributed by atoms with Crippen molar-refractivity contribution >= 4 is 6.09 Å². The predicted octanol–water partition coefficient (Wildman–Crippen LogP) is 3.46. The van der Waals surface area contributed by atoms with Crippen LogP contribution in [0.4, 0.5) is 9.18 Å². The molecule has 4 nitrogen and oxygen atoms in total. The fourth-order valence-electron chi connectivity index (χ4n) is 2.23. The van der Waals surface area contributed by atoms with Crippen molar-refractivity contribution in [2.75, 3.05) is 19.7 Å². The molecule has 0 unspecified atom stereocenters. The maximum atomic E-state index is 13.4. The Morgan fingerprint density at radius 3 is 2.76 bits per heavy atom. The molecule has 1 aliphatic rings. The van der Waals surface area contributed by atoms with E-state index in [4.69, 9.17) is 9.47 Å². The molecule has 5 heteroatoms. The second-order valence-electron chi connectivity index (χ2n) is 6.32. The summed E-state index contributed by atoms with van der Waals surface area (Å²) in [4.78, 5) is 13.6. The first-order valence-electron chi connectivity index (χ1n) is 7.20. The Balaban J connectivity index is 1.80. The van der Waals surface area contributed by atoms with E-state index in [2.05, 4.69) is 0 Å². The summed E-state index contributed by atoms with van der Waals surface area (Å²) in [5, 5.41) is 0. The van der Waals surface area contributed by atoms with Gasteiger partial charge >= 0.3 is 6.09 Å². The fraction of sp³-hybridized carbons (Fsp3) is 0.562. The molecular weight excluding hydrogens is 273 g/mol. The van der Waals surface area contributed by atoms with Gasteiger partial charge in [0.15, 0.2) is 11.6 Å². The zero-order chi connectivity index (χ0) is 15.5. The van der Waals surface area contributed by atoms with E-state index in [9.17, 15) is 9.18 Å². The molecule has 1 saturated heterocycles. The van der Waals surface area contributed by atoms with E-state index >= 15 is 0 Å². The number of hydrogen-bond acceptors (Lipinski definition) is 3. The van der Waals surface area contributed by atoms with E-state index in [0.717, 1.165) is 6.42 Å². The summed E-state index contributed by atoms with van der Waals surface area (Å²) in [6.07, 6.45) is 0.545. The molecule has 1 fully saturated rings. The first-order chi connectivity index (χ1) is 9.85. The molecule has 0 aromatic heterocycles. The molecule has 1 atom stereocenters. The Morgan fingerprint density at radius 2 is 2.10 bits per heavy atom. The lowest BCUT2D eigenvalue weighted by molar-refractivity contribution is 0.0284. The van der Waals surface area contributed by atoms with Crippen LogP contribution >= 0.6 is 0 Å². The van der Waals surface area contributed by atoms with Gasteiger partial charge in [-0.2, -0.15) is 0 Å². The Bertz CT molecular complexity index is 499. The third kappa shape index (κ3) is 4.62. The number of ether oxygens (including phenoxy) is 2. The van der Waals surface area contributed by atoms with Gasteiger partial charge in [-0.1, -0.05) is 12.1 Å². The maximum absolute atomic E-state index is 13.4. The van der Waals surface area contributed by atoms with Crippen LogP contribution in [0.5, 0.6) is 5.75 Å². The van der Waals surface area contributed by atoms with Crippen molar-refractivity contribution in [3.8, 4) is 5.75 Å². The molecule has 1 aromatic carbocycles. The van der Waals surface area contributed by atoms with Crippen LogP contribution in [0.15, 0.2) is 24.3 Å². The predicted molar refractivity (Wildman–Crippen MR) is 77.8 cm³/mol. The van der Waals surface area contributed by atoms with Crippen molar-refractivity contribution in [1.82, 2.24) is 4.90 Å². The monoisotopic (exact) mass is 295 g/mol. The van der Waals surface area contributed by atoms with E-state index in [1.807, 2.05) is 20.8 Å². The summed E-state index contributed by atoms with van der Waals surface area (Å²) in [7, 11) is 0. The molecule has 21 heavy (non-hydrogen) atoms. The van der Waals surface area contributed by atoms with Crippen molar-refractivity contribution in [3.05, 3.63) is 30.1 Å². The Hall–Kier alpha value is -1.78. The van der Waals surface area contributed by atoms with E-state index in [-0.39, 0.29) is 23.6 Å². The van der Waals surface area contributed by atoms with Crippen LogP contribution in [0.2, 0.25) is 0 Å². The number of para-hydroxylation sites is 1. The van der Waals surface area contributed by atoms with Crippen molar-refractivity contribution in [2.45, 2.75) is 32.8 Å². The van der Waals surface area contributed by atoms with Crippen LogP contribution in [0.1, 0.15) is 27.2 Å². The summed E-state index contributed by atoms with van der Waals surface area (Å²) in [5.74, 6) is 0.102. The summed E-state index contributed by atoms with van der Waals surface area (Å²) < 4.78 is 24.3. The second-order valence-corrected chi connectivity index (χ2v) is 6.32. The minimum Gasteiger partial charge on any atom is -0.490 e. The number of rotatable bonds is 3. The quantitative estimate of drug-likeness (QED) is 0.857. The van der Waals surface area contributed by atoms with Crippen LogP contribution in [0.3, 0.4) is 0 Å². The number of halogens is 1. The molecule has 0 aliphatic carbocycles. The van der Waals surface area contributed by atoms with Gasteiger partial charge < -0.3 is 14.4 Å². The smallest absolute Gasteiger partial charge is 0.410 e. The standard InChI is InChI=1S/C16H22FNO3/c1-16(2,3)21-15(19)18-9-8-12(10-18)11-20-14-7-5-4-6-13(14)17/h4-7,12H,8-11H2,1-3H3/t12-/m0/s1. The van der Waals surface area contributed by atoms with Crippen LogP contribution in [0.25, 0.3) is 0 Å². The second kappa shape index (κ2) is 6.33. The minimum atomic E-state index is -0.487. The number of carbonyl (C=O) groups is 1. The maximum Gasteiger partial charge on any atom is 0.410 e. The van der Waals surface area contributed by atoms with E-state index in [1.54, 1.807) is 23.1 Å². The fourth-order valence-corrected chi connectivity index (χ4v) is 2.23. The molecular formula is C16H22FNO3. The van der Waals surface area contributed by atoms with E-state index in [0.29, 0.717) is 19.7 Å². The van der Waals surface area contributed by atoms with Gasteiger partial charge in [-0.05, 0) is 39.3 Å². The zero-order valence-electron chi connectivity index (χ0n) is 12.8. The van der Waals surface area contributed by atoms with Crippen molar-refractivity contribution in [3.63, 3.8) is 0 Å². The number of likely N-dealkylation sites (tertiary alicyclic amines) is 1. The minimum absolute atomic E-state index is 0.206. The largest absolute Gasteiger partial charge is 0.490 e. The first-order valence-corrected chi connectivity index (χ1v) is 7.20.